The zero-order valence-electron chi connectivity index (χ0n) is 10.4. The Labute approximate surface area is 101 Å². The highest BCUT2D eigenvalue weighted by Crippen LogP contribution is 2.19. The average molecular weight is 234 g/mol. The molecule has 17 heavy (non-hydrogen) atoms. The molecule has 1 aliphatic rings. The molecule has 0 spiro atoms. The van der Waals surface area contributed by atoms with Gasteiger partial charge >= 0.3 is 5.69 Å². The largest absolute Gasteiger partial charge is 0.345 e. The summed E-state index contributed by atoms with van der Waals surface area (Å²) >= 11 is 0. The third-order valence-electron chi connectivity index (χ3n) is 3.28. The van der Waals surface area contributed by atoms with E-state index in [0.29, 0.717) is 13.0 Å². The normalized spacial score (nSPS) is 15.4. The molecule has 2 rings (SSSR count). The Hall–Kier alpha value is -1.57. The van der Waals surface area contributed by atoms with Gasteiger partial charge in [-0.3, -0.25) is 4.57 Å². The number of nitriles is 1. The summed E-state index contributed by atoms with van der Waals surface area (Å²) in [5.41, 5.74) is -0.419. The van der Waals surface area contributed by atoms with Crippen LogP contribution in [0.3, 0.4) is 0 Å². The second kappa shape index (κ2) is 4.36. The van der Waals surface area contributed by atoms with Crippen LogP contribution >= 0.6 is 0 Å². The van der Waals surface area contributed by atoms with Crippen LogP contribution in [-0.4, -0.2) is 14.3 Å². The minimum Gasteiger partial charge on any atom is -0.279 e. The average Bonchev–Trinajstić information content (AvgIpc) is 2.65. The SMILES string of the molecule is CC(C)(C#N)CCn1nc2n(c1=O)CCCC2. The van der Waals surface area contributed by atoms with E-state index < -0.39 is 5.41 Å². The van der Waals surface area contributed by atoms with Crippen molar-refractivity contribution in [1.29, 1.82) is 5.26 Å². The van der Waals surface area contributed by atoms with Crippen LogP contribution in [0.15, 0.2) is 4.79 Å². The molecule has 0 atom stereocenters. The zero-order chi connectivity index (χ0) is 12.5. The van der Waals surface area contributed by atoms with Gasteiger partial charge in [-0.25, -0.2) is 9.48 Å². The second-order valence-corrected chi connectivity index (χ2v) is 5.28. The minimum absolute atomic E-state index is 0.0200. The molecule has 0 unspecified atom stereocenters. The highest BCUT2D eigenvalue weighted by Gasteiger charge is 2.20. The van der Waals surface area contributed by atoms with E-state index in [1.165, 1.54) is 4.68 Å². The first-order valence-corrected chi connectivity index (χ1v) is 6.11. The van der Waals surface area contributed by atoms with E-state index in [0.717, 1.165) is 31.6 Å². The third-order valence-corrected chi connectivity index (χ3v) is 3.28. The third kappa shape index (κ3) is 2.41. The highest BCUT2D eigenvalue weighted by molar-refractivity contribution is 4.94. The lowest BCUT2D eigenvalue weighted by Gasteiger charge is -2.13. The number of hydrogen-bond donors (Lipinski definition) is 0. The lowest BCUT2D eigenvalue weighted by Crippen LogP contribution is -2.28. The fraction of sp³-hybridized carbons (Fsp3) is 0.750. The molecule has 0 saturated carbocycles. The summed E-state index contributed by atoms with van der Waals surface area (Å²) < 4.78 is 3.28. The van der Waals surface area contributed by atoms with E-state index in [9.17, 15) is 4.79 Å². The molecular formula is C12H18N4O. The first-order valence-electron chi connectivity index (χ1n) is 6.11. The van der Waals surface area contributed by atoms with Crippen LogP contribution in [-0.2, 0) is 19.5 Å². The molecule has 5 nitrogen and oxygen atoms in total. The minimum atomic E-state index is -0.399. The maximum absolute atomic E-state index is 12.0. The predicted octanol–water partition coefficient (Wildman–Crippen LogP) is 1.32. The van der Waals surface area contributed by atoms with Crippen molar-refractivity contribution in [2.75, 3.05) is 0 Å². The maximum Gasteiger partial charge on any atom is 0.345 e. The second-order valence-electron chi connectivity index (χ2n) is 5.28. The summed E-state index contributed by atoms with van der Waals surface area (Å²) in [6, 6.07) is 2.24. The van der Waals surface area contributed by atoms with Crippen LogP contribution in [0.5, 0.6) is 0 Å². The van der Waals surface area contributed by atoms with Gasteiger partial charge in [0.25, 0.3) is 0 Å². The van der Waals surface area contributed by atoms with E-state index in [2.05, 4.69) is 11.2 Å². The van der Waals surface area contributed by atoms with Gasteiger partial charge in [-0.15, -0.1) is 0 Å². The Kier molecular flexibility index (Phi) is 3.05. The van der Waals surface area contributed by atoms with Crippen LogP contribution < -0.4 is 5.69 Å². The first-order chi connectivity index (χ1) is 8.03. The molecule has 0 N–H and O–H groups in total. The summed E-state index contributed by atoms with van der Waals surface area (Å²) in [6.07, 6.45) is 3.71. The lowest BCUT2D eigenvalue weighted by atomic mass is 9.92. The Morgan fingerprint density at radius 1 is 1.47 bits per heavy atom. The Morgan fingerprint density at radius 3 is 2.88 bits per heavy atom. The molecule has 1 aromatic heterocycles. The van der Waals surface area contributed by atoms with Crippen LogP contribution in [0.1, 0.15) is 38.9 Å². The van der Waals surface area contributed by atoms with Gasteiger partial charge in [-0.2, -0.15) is 10.4 Å². The van der Waals surface area contributed by atoms with Crippen molar-refractivity contribution in [3.05, 3.63) is 16.3 Å². The van der Waals surface area contributed by atoms with Gasteiger partial charge in [0.15, 0.2) is 0 Å². The van der Waals surface area contributed by atoms with Crippen LogP contribution in [0.25, 0.3) is 0 Å². The van der Waals surface area contributed by atoms with Crippen molar-refractivity contribution in [2.45, 2.75) is 52.6 Å². The molecule has 1 aromatic rings. The fourth-order valence-electron chi connectivity index (χ4n) is 2.04. The topological polar surface area (TPSA) is 63.6 Å². The van der Waals surface area contributed by atoms with E-state index in [1.807, 2.05) is 13.8 Å². The molecule has 0 bridgehead atoms. The van der Waals surface area contributed by atoms with E-state index >= 15 is 0 Å². The highest BCUT2D eigenvalue weighted by atomic mass is 16.2. The van der Waals surface area contributed by atoms with Gasteiger partial charge in [0.1, 0.15) is 5.82 Å². The number of aromatic nitrogens is 3. The molecule has 0 aliphatic carbocycles. The van der Waals surface area contributed by atoms with Crippen LogP contribution in [0.4, 0.5) is 0 Å². The maximum atomic E-state index is 12.0. The molecular weight excluding hydrogens is 216 g/mol. The predicted molar refractivity (Wildman–Crippen MR) is 63.4 cm³/mol. The van der Waals surface area contributed by atoms with Gasteiger partial charge in [-0.05, 0) is 33.1 Å². The number of hydrogen-bond acceptors (Lipinski definition) is 3. The smallest absolute Gasteiger partial charge is 0.279 e. The lowest BCUT2D eigenvalue weighted by molar-refractivity contribution is 0.392. The molecule has 0 saturated heterocycles. The van der Waals surface area contributed by atoms with Crippen molar-refractivity contribution in [3.63, 3.8) is 0 Å². The summed E-state index contributed by atoms with van der Waals surface area (Å²) in [5.74, 6) is 0.899. The Bertz CT molecular complexity index is 504. The molecule has 0 radical (unpaired) electrons. The molecule has 5 heteroatoms. The first kappa shape index (κ1) is 11.9. The van der Waals surface area contributed by atoms with Crippen LogP contribution in [0, 0.1) is 16.7 Å². The number of aryl methyl sites for hydroxylation is 2. The van der Waals surface area contributed by atoms with Gasteiger partial charge in [-0.1, -0.05) is 0 Å². The number of rotatable bonds is 3. The molecule has 2 heterocycles. The fourth-order valence-corrected chi connectivity index (χ4v) is 2.04. The van der Waals surface area contributed by atoms with Crippen molar-refractivity contribution in [3.8, 4) is 6.07 Å². The van der Waals surface area contributed by atoms with Crippen molar-refractivity contribution in [2.24, 2.45) is 5.41 Å². The Morgan fingerprint density at radius 2 is 2.24 bits per heavy atom. The number of fused-ring (bicyclic) bond motifs is 1. The standard InChI is InChI=1S/C12H18N4O/c1-12(2,9-13)6-8-16-11(17)15-7-4-3-5-10(15)14-16/h3-8H2,1-2H3. The van der Waals surface area contributed by atoms with E-state index in [1.54, 1.807) is 4.57 Å². The Balaban J connectivity index is 2.16. The van der Waals surface area contributed by atoms with E-state index in [-0.39, 0.29) is 5.69 Å². The molecule has 0 fully saturated rings. The zero-order valence-corrected chi connectivity index (χ0v) is 10.4. The molecule has 0 aromatic carbocycles. The number of nitrogens with zero attached hydrogens (tertiary/aromatic N) is 4. The van der Waals surface area contributed by atoms with Gasteiger partial charge in [0.2, 0.25) is 0 Å². The summed E-state index contributed by atoms with van der Waals surface area (Å²) in [7, 11) is 0. The quantitative estimate of drug-likeness (QED) is 0.792. The van der Waals surface area contributed by atoms with Crippen LogP contribution in [0.2, 0.25) is 0 Å². The van der Waals surface area contributed by atoms with Gasteiger partial charge < -0.3 is 0 Å². The summed E-state index contributed by atoms with van der Waals surface area (Å²) in [4.78, 5) is 12.0. The summed E-state index contributed by atoms with van der Waals surface area (Å²) in [6.45, 7) is 5.08. The van der Waals surface area contributed by atoms with Gasteiger partial charge in [0, 0.05) is 19.5 Å². The monoisotopic (exact) mass is 234 g/mol. The van der Waals surface area contributed by atoms with E-state index in [4.69, 9.17) is 5.26 Å². The molecule has 0 amide bonds. The van der Waals surface area contributed by atoms with Crippen molar-refractivity contribution in [1.82, 2.24) is 14.3 Å². The van der Waals surface area contributed by atoms with Gasteiger partial charge in [0.05, 0.1) is 11.5 Å². The van der Waals surface area contributed by atoms with Crippen molar-refractivity contribution < 1.29 is 0 Å². The van der Waals surface area contributed by atoms with Crippen molar-refractivity contribution >= 4 is 0 Å². The molecule has 92 valence electrons. The summed E-state index contributed by atoms with van der Waals surface area (Å²) in [5, 5.41) is 13.3. The molecule has 1 aliphatic heterocycles.